The average Bonchev–Trinajstić information content (AvgIpc) is 2.65. The number of hydrogen-bond donors (Lipinski definition) is 1. The van der Waals surface area contributed by atoms with Gasteiger partial charge in [-0.3, -0.25) is 0 Å². The molecule has 0 unspecified atom stereocenters. The van der Waals surface area contributed by atoms with Crippen LogP contribution in [0.1, 0.15) is 5.56 Å². The van der Waals surface area contributed by atoms with Crippen LogP contribution in [0.15, 0.2) is 36.7 Å². The molecule has 1 heterocycles. The third-order valence-electron chi connectivity index (χ3n) is 2.41. The number of benzene rings is 1. The molecule has 3 nitrogen and oxygen atoms in total. The molecule has 0 saturated carbocycles. The van der Waals surface area contributed by atoms with Crippen molar-refractivity contribution in [2.45, 2.75) is 6.42 Å². The number of imidazole rings is 1. The summed E-state index contributed by atoms with van der Waals surface area (Å²) < 4.78 is 14.8. The molecular weight excluding hydrogens is 205 g/mol. The first kappa shape index (κ1) is 10.7. The van der Waals surface area contributed by atoms with E-state index in [2.05, 4.69) is 10.3 Å². The molecule has 4 heteroatoms. The molecule has 0 aliphatic heterocycles. The summed E-state index contributed by atoms with van der Waals surface area (Å²) in [6.07, 6.45) is 4.40. The molecule has 0 radical (unpaired) electrons. The fourth-order valence-electron chi connectivity index (χ4n) is 1.55. The number of rotatable bonds is 4. The van der Waals surface area contributed by atoms with Gasteiger partial charge in [0, 0.05) is 26.0 Å². The Morgan fingerprint density at radius 2 is 2.31 bits per heavy atom. The number of aromatic nitrogens is 2. The smallest absolute Gasteiger partial charge is 0.202 e. The van der Waals surface area contributed by atoms with Crippen molar-refractivity contribution in [1.82, 2.24) is 9.55 Å². The van der Waals surface area contributed by atoms with Gasteiger partial charge in [-0.1, -0.05) is 12.1 Å². The largest absolute Gasteiger partial charge is 0.355 e. The molecule has 1 N–H and O–H groups in total. The Hall–Kier alpha value is -1.84. The number of aryl methyl sites for hydroxylation is 1. The van der Waals surface area contributed by atoms with Crippen molar-refractivity contribution < 1.29 is 4.39 Å². The monoisotopic (exact) mass is 219 g/mol. The van der Waals surface area contributed by atoms with Gasteiger partial charge in [0.2, 0.25) is 5.95 Å². The van der Waals surface area contributed by atoms with E-state index in [9.17, 15) is 4.39 Å². The Kier molecular flexibility index (Phi) is 3.19. The molecule has 2 rings (SSSR count). The van der Waals surface area contributed by atoms with Gasteiger partial charge in [0.1, 0.15) is 5.82 Å². The first-order valence-corrected chi connectivity index (χ1v) is 5.21. The van der Waals surface area contributed by atoms with Crippen LogP contribution in [0, 0.1) is 5.82 Å². The van der Waals surface area contributed by atoms with Gasteiger partial charge < -0.3 is 9.88 Å². The van der Waals surface area contributed by atoms with Gasteiger partial charge >= 0.3 is 0 Å². The van der Waals surface area contributed by atoms with Gasteiger partial charge in [-0.05, 0) is 24.1 Å². The van der Waals surface area contributed by atoms with E-state index < -0.39 is 0 Å². The zero-order chi connectivity index (χ0) is 11.4. The maximum Gasteiger partial charge on any atom is 0.202 e. The highest BCUT2D eigenvalue weighted by molar-refractivity contribution is 5.26. The van der Waals surface area contributed by atoms with Gasteiger partial charge in [0.15, 0.2) is 0 Å². The minimum absolute atomic E-state index is 0.186. The van der Waals surface area contributed by atoms with Gasteiger partial charge in [0.05, 0.1) is 0 Å². The fraction of sp³-hybridized carbons (Fsp3) is 0.250. The van der Waals surface area contributed by atoms with E-state index >= 15 is 0 Å². The standard InChI is InChI=1S/C12H14FN3/c1-16-8-7-15-12(16)14-6-5-10-3-2-4-11(13)9-10/h2-4,7-9H,5-6H2,1H3,(H,14,15). The van der Waals surface area contributed by atoms with Crippen LogP contribution in [0.3, 0.4) is 0 Å². The van der Waals surface area contributed by atoms with Gasteiger partial charge in [-0.15, -0.1) is 0 Å². The summed E-state index contributed by atoms with van der Waals surface area (Å²) in [5, 5.41) is 3.19. The van der Waals surface area contributed by atoms with E-state index in [1.165, 1.54) is 6.07 Å². The minimum Gasteiger partial charge on any atom is -0.355 e. The van der Waals surface area contributed by atoms with Crippen LogP contribution in [0.5, 0.6) is 0 Å². The van der Waals surface area contributed by atoms with Crippen LogP contribution >= 0.6 is 0 Å². The second-order valence-corrected chi connectivity index (χ2v) is 3.67. The summed E-state index contributed by atoms with van der Waals surface area (Å²) in [4.78, 5) is 4.14. The van der Waals surface area contributed by atoms with Crippen LogP contribution in [0.25, 0.3) is 0 Å². The van der Waals surface area contributed by atoms with Crippen molar-refractivity contribution in [2.24, 2.45) is 7.05 Å². The summed E-state index contributed by atoms with van der Waals surface area (Å²) >= 11 is 0. The number of hydrogen-bond acceptors (Lipinski definition) is 2. The van der Waals surface area contributed by atoms with Gasteiger partial charge in [0.25, 0.3) is 0 Å². The maximum atomic E-state index is 12.9. The molecule has 84 valence electrons. The fourth-order valence-corrected chi connectivity index (χ4v) is 1.55. The average molecular weight is 219 g/mol. The Morgan fingerprint density at radius 1 is 1.44 bits per heavy atom. The molecule has 0 atom stereocenters. The highest BCUT2D eigenvalue weighted by Gasteiger charge is 1.98. The lowest BCUT2D eigenvalue weighted by molar-refractivity contribution is 0.625. The molecule has 0 saturated heterocycles. The predicted octanol–water partition coefficient (Wildman–Crippen LogP) is 2.21. The van der Waals surface area contributed by atoms with Crippen molar-refractivity contribution >= 4 is 5.95 Å². The van der Waals surface area contributed by atoms with E-state index in [-0.39, 0.29) is 5.82 Å². The summed E-state index contributed by atoms with van der Waals surface area (Å²) in [7, 11) is 1.93. The summed E-state index contributed by atoms with van der Waals surface area (Å²) in [5.41, 5.74) is 0.988. The molecule has 1 aromatic carbocycles. The van der Waals surface area contributed by atoms with Crippen LogP contribution in [-0.2, 0) is 13.5 Å². The van der Waals surface area contributed by atoms with E-state index in [0.717, 1.165) is 24.5 Å². The molecule has 16 heavy (non-hydrogen) atoms. The predicted molar refractivity (Wildman–Crippen MR) is 61.8 cm³/mol. The number of nitrogens with one attached hydrogen (secondary N) is 1. The van der Waals surface area contributed by atoms with E-state index in [1.807, 2.05) is 23.9 Å². The highest BCUT2D eigenvalue weighted by atomic mass is 19.1. The van der Waals surface area contributed by atoms with Crippen molar-refractivity contribution in [2.75, 3.05) is 11.9 Å². The van der Waals surface area contributed by atoms with Crippen LogP contribution in [-0.4, -0.2) is 16.1 Å². The molecule has 0 bridgehead atoms. The molecule has 0 aliphatic carbocycles. The summed E-state index contributed by atoms with van der Waals surface area (Å²) in [6, 6.07) is 6.66. The third-order valence-corrected chi connectivity index (χ3v) is 2.41. The lowest BCUT2D eigenvalue weighted by atomic mass is 10.1. The second-order valence-electron chi connectivity index (χ2n) is 3.67. The zero-order valence-corrected chi connectivity index (χ0v) is 9.15. The maximum absolute atomic E-state index is 12.9. The Balaban J connectivity index is 1.87. The van der Waals surface area contributed by atoms with Crippen molar-refractivity contribution in [3.05, 3.63) is 48.0 Å². The second kappa shape index (κ2) is 4.79. The molecule has 0 spiro atoms. The minimum atomic E-state index is -0.186. The van der Waals surface area contributed by atoms with Crippen LogP contribution in [0.4, 0.5) is 10.3 Å². The van der Waals surface area contributed by atoms with Crippen molar-refractivity contribution in [3.8, 4) is 0 Å². The van der Waals surface area contributed by atoms with E-state index in [4.69, 9.17) is 0 Å². The van der Waals surface area contributed by atoms with Crippen LogP contribution < -0.4 is 5.32 Å². The van der Waals surface area contributed by atoms with E-state index in [0.29, 0.717) is 0 Å². The molecule has 2 aromatic rings. The lowest BCUT2D eigenvalue weighted by Gasteiger charge is -2.05. The molecule has 0 aliphatic rings. The van der Waals surface area contributed by atoms with Crippen molar-refractivity contribution in [1.29, 1.82) is 0 Å². The first-order chi connectivity index (χ1) is 7.75. The highest BCUT2D eigenvalue weighted by Crippen LogP contribution is 2.05. The van der Waals surface area contributed by atoms with Crippen molar-refractivity contribution in [3.63, 3.8) is 0 Å². The van der Waals surface area contributed by atoms with Crippen LogP contribution in [0.2, 0.25) is 0 Å². The molecule has 0 fully saturated rings. The Labute approximate surface area is 93.9 Å². The van der Waals surface area contributed by atoms with Gasteiger partial charge in [-0.25, -0.2) is 9.37 Å². The first-order valence-electron chi connectivity index (χ1n) is 5.21. The SMILES string of the molecule is Cn1ccnc1NCCc1cccc(F)c1. The molecular formula is C12H14FN3. The number of anilines is 1. The lowest BCUT2D eigenvalue weighted by Crippen LogP contribution is -2.08. The van der Waals surface area contributed by atoms with Gasteiger partial charge in [-0.2, -0.15) is 0 Å². The van der Waals surface area contributed by atoms with E-state index in [1.54, 1.807) is 18.3 Å². The number of nitrogens with zero attached hydrogens (tertiary/aromatic N) is 2. The summed E-state index contributed by atoms with van der Waals surface area (Å²) in [6.45, 7) is 0.744. The third kappa shape index (κ3) is 2.59. The molecule has 0 amide bonds. The zero-order valence-electron chi connectivity index (χ0n) is 9.15. The quantitative estimate of drug-likeness (QED) is 0.854. The topological polar surface area (TPSA) is 29.9 Å². The Morgan fingerprint density at radius 3 is 3.00 bits per heavy atom. The summed E-state index contributed by atoms with van der Waals surface area (Å²) in [5.74, 6) is 0.644. The molecule has 1 aromatic heterocycles. The Bertz CT molecular complexity index is 465. The normalized spacial score (nSPS) is 10.4. The number of halogens is 1.